The molecule has 0 amide bonds. The molecule has 0 spiro atoms. The summed E-state index contributed by atoms with van der Waals surface area (Å²) in [4.78, 5) is 2.60. The zero-order chi connectivity index (χ0) is 34.1. The lowest BCUT2D eigenvalue weighted by molar-refractivity contribution is 0.595. The van der Waals surface area contributed by atoms with Gasteiger partial charge in [-0.05, 0) is 106 Å². The number of anilines is 3. The van der Waals surface area contributed by atoms with Gasteiger partial charge >= 0.3 is 0 Å². The third-order valence-corrected chi connectivity index (χ3v) is 11.5. The number of para-hydroxylation sites is 1. The molecule has 0 aliphatic carbocycles. The minimum absolute atomic E-state index is 0.0258. The molecule has 0 saturated heterocycles. The molecule has 50 heavy (non-hydrogen) atoms. The van der Waals surface area contributed by atoms with E-state index in [0.29, 0.717) is 0 Å². The second-order valence-electron chi connectivity index (χ2n) is 16.5. The molecule has 2 heterocycles. The van der Waals surface area contributed by atoms with Gasteiger partial charge in [0.15, 0.2) is 0 Å². The Morgan fingerprint density at radius 3 is 1.72 bits per heavy atom. The van der Waals surface area contributed by atoms with Crippen molar-refractivity contribution in [3.05, 3.63) is 145 Å². The van der Waals surface area contributed by atoms with Crippen LogP contribution in [0.15, 0.2) is 133 Å². The van der Waals surface area contributed by atoms with E-state index in [0.717, 1.165) is 0 Å². The summed E-state index contributed by atoms with van der Waals surface area (Å²) in [6, 6.07) is 50.7. The summed E-state index contributed by atoms with van der Waals surface area (Å²) >= 11 is 0. The van der Waals surface area contributed by atoms with Crippen molar-refractivity contribution in [3.8, 4) is 22.3 Å². The molecule has 0 atom stereocenters. The molecule has 0 unspecified atom stereocenters. The fourth-order valence-corrected chi connectivity index (χ4v) is 9.34. The van der Waals surface area contributed by atoms with Crippen molar-refractivity contribution in [3.63, 3.8) is 0 Å². The van der Waals surface area contributed by atoms with Crippen LogP contribution in [-0.2, 0) is 10.8 Å². The maximum absolute atomic E-state index is 2.60. The second-order valence-corrected chi connectivity index (χ2v) is 16.5. The standard InChI is InChI=1S/C48H40BN/c1-47(2,3)37-27-36(29-15-8-7-9-16-29)31-23-24-34-38(48(4,5)6)28-43(35-26-25-33(37)44(31)45(34)35)50-41-21-13-12-20-40(41)49-39-19-11-10-17-30(39)32-18-14-22-42(50)46(32)49/h7-28H,1-6H3. The molecule has 240 valence electrons. The maximum Gasteiger partial charge on any atom is 0.248 e. The Labute approximate surface area is 295 Å². The van der Waals surface area contributed by atoms with E-state index in [2.05, 4.69) is 180 Å². The SMILES string of the molecule is CC(C)(C)c1cc(-c2ccccc2)c2ccc3c(C(C)(C)C)cc(N4c5ccccc5B5c6ccccc6-c6cccc4c65)c4ccc1c2c43. The molecule has 8 aromatic carbocycles. The van der Waals surface area contributed by atoms with E-state index >= 15 is 0 Å². The van der Waals surface area contributed by atoms with Gasteiger partial charge in [0.25, 0.3) is 0 Å². The Morgan fingerprint density at radius 2 is 0.980 bits per heavy atom. The highest BCUT2D eigenvalue weighted by Crippen LogP contribution is 2.51. The highest BCUT2D eigenvalue weighted by molar-refractivity contribution is 7.01. The third kappa shape index (κ3) is 3.97. The molecule has 0 N–H and O–H groups in total. The summed E-state index contributed by atoms with van der Waals surface area (Å²) in [5.41, 5.74) is 16.0. The third-order valence-electron chi connectivity index (χ3n) is 11.5. The molecule has 0 aromatic heterocycles. The second kappa shape index (κ2) is 10.1. The van der Waals surface area contributed by atoms with E-state index in [4.69, 9.17) is 0 Å². The van der Waals surface area contributed by atoms with Crippen LogP contribution in [0.5, 0.6) is 0 Å². The van der Waals surface area contributed by atoms with Crippen molar-refractivity contribution < 1.29 is 0 Å². The molecule has 2 heteroatoms. The normalized spacial score (nSPS) is 13.7. The van der Waals surface area contributed by atoms with Gasteiger partial charge in [-0.3, -0.25) is 0 Å². The zero-order valence-electron chi connectivity index (χ0n) is 29.7. The van der Waals surface area contributed by atoms with Crippen LogP contribution >= 0.6 is 0 Å². The fraction of sp³-hybridized carbons (Fsp3) is 0.167. The molecular weight excluding hydrogens is 601 g/mol. The largest absolute Gasteiger partial charge is 0.311 e. The number of hydrogen-bond donors (Lipinski definition) is 0. The molecule has 0 fully saturated rings. The van der Waals surface area contributed by atoms with Crippen LogP contribution in [0.1, 0.15) is 52.7 Å². The van der Waals surface area contributed by atoms with Gasteiger partial charge in [0, 0.05) is 16.8 Å². The Balaban J connectivity index is 1.37. The minimum Gasteiger partial charge on any atom is -0.311 e. The van der Waals surface area contributed by atoms with Crippen LogP contribution in [0.3, 0.4) is 0 Å². The van der Waals surface area contributed by atoms with Crippen molar-refractivity contribution >= 4 is 72.5 Å². The average molecular weight is 642 g/mol. The summed E-state index contributed by atoms with van der Waals surface area (Å²) < 4.78 is 0. The predicted octanol–water partition coefficient (Wildman–Crippen LogP) is 11.1. The lowest BCUT2D eigenvalue weighted by Gasteiger charge is -2.38. The van der Waals surface area contributed by atoms with Crippen molar-refractivity contribution in [2.45, 2.75) is 52.4 Å². The van der Waals surface area contributed by atoms with E-state index in [-0.39, 0.29) is 17.5 Å². The Morgan fingerprint density at radius 1 is 0.420 bits per heavy atom. The van der Waals surface area contributed by atoms with Crippen molar-refractivity contribution in [1.82, 2.24) is 0 Å². The van der Waals surface area contributed by atoms with E-state index in [9.17, 15) is 0 Å². The monoisotopic (exact) mass is 641 g/mol. The highest BCUT2D eigenvalue weighted by Gasteiger charge is 2.42. The van der Waals surface area contributed by atoms with Gasteiger partial charge in [-0.2, -0.15) is 0 Å². The quantitative estimate of drug-likeness (QED) is 0.134. The molecule has 10 rings (SSSR count). The van der Waals surface area contributed by atoms with Gasteiger partial charge in [-0.25, -0.2) is 0 Å². The topological polar surface area (TPSA) is 3.24 Å². The average Bonchev–Trinajstić information content (AvgIpc) is 3.45. The van der Waals surface area contributed by atoms with E-state index in [1.54, 1.807) is 0 Å². The Bertz CT molecular complexity index is 2670. The Kier molecular flexibility index (Phi) is 5.98. The molecular formula is C48H40BN. The molecule has 2 aliphatic heterocycles. The molecule has 0 bridgehead atoms. The summed E-state index contributed by atoms with van der Waals surface area (Å²) in [6.45, 7) is 14.4. The molecule has 2 aliphatic rings. The van der Waals surface area contributed by atoms with Crippen LogP contribution < -0.4 is 21.3 Å². The van der Waals surface area contributed by atoms with Gasteiger partial charge in [-0.1, -0.05) is 156 Å². The zero-order valence-corrected chi connectivity index (χ0v) is 29.7. The van der Waals surface area contributed by atoms with Gasteiger partial charge in [0.2, 0.25) is 6.71 Å². The number of nitrogens with zero attached hydrogens (tertiary/aromatic N) is 1. The Hall–Kier alpha value is -5.34. The fourth-order valence-electron chi connectivity index (χ4n) is 9.34. The lowest BCUT2D eigenvalue weighted by Crippen LogP contribution is -2.54. The summed E-state index contributed by atoms with van der Waals surface area (Å²) in [5, 5.41) is 8.10. The van der Waals surface area contributed by atoms with Crippen molar-refractivity contribution in [2.24, 2.45) is 0 Å². The van der Waals surface area contributed by atoms with Gasteiger partial charge in [-0.15, -0.1) is 0 Å². The first-order valence-electron chi connectivity index (χ1n) is 18.1. The summed E-state index contributed by atoms with van der Waals surface area (Å²) in [5.74, 6) is 0. The number of rotatable bonds is 2. The molecule has 0 radical (unpaired) electrons. The summed E-state index contributed by atoms with van der Waals surface area (Å²) in [6.07, 6.45) is 0. The first-order valence-corrected chi connectivity index (χ1v) is 18.1. The highest BCUT2D eigenvalue weighted by atomic mass is 15.2. The van der Waals surface area contributed by atoms with Gasteiger partial charge in [0.05, 0.1) is 5.69 Å². The van der Waals surface area contributed by atoms with Gasteiger partial charge in [0.1, 0.15) is 0 Å². The summed E-state index contributed by atoms with van der Waals surface area (Å²) in [7, 11) is 0. The molecule has 1 nitrogen and oxygen atoms in total. The first-order chi connectivity index (χ1) is 24.1. The number of fused-ring (bicyclic) bond motifs is 5. The first kappa shape index (κ1) is 29.6. The van der Waals surface area contributed by atoms with Crippen LogP contribution in [0.4, 0.5) is 17.1 Å². The lowest BCUT2D eigenvalue weighted by atomic mass is 9.37. The molecule has 0 saturated carbocycles. The van der Waals surface area contributed by atoms with Crippen LogP contribution in [0, 0.1) is 0 Å². The van der Waals surface area contributed by atoms with Crippen molar-refractivity contribution in [2.75, 3.05) is 4.90 Å². The van der Waals surface area contributed by atoms with E-state index in [1.165, 1.54) is 99.1 Å². The smallest absolute Gasteiger partial charge is 0.248 e. The van der Waals surface area contributed by atoms with Crippen LogP contribution in [-0.4, -0.2) is 6.71 Å². The molecule has 8 aromatic rings. The predicted molar refractivity (Wildman–Crippen MR) is 218 cm³/mol. The van der Waals surface area contributed by atoms with E-state index in [1.807, 2.05) is 0 Å². The van der Waals surface area contributed by atoms with Crippen LogP contribution in [0.2, 0.25) is 0 Å². The van der Waals surface area contributed by atoms with Gasteiger partial charge < -0.3 is 4.90 Å². The minimum atomic E-state index is -0.0705. The maximum atomic E-state index is 2.60. The van der Waals surface area contributed by atoms with Crippen molar-refractivity contribution in [1.29, 1.82) is 0 Å². The number of benzene rings is 8. The number of hydrogen-bond acceptors (Lipinski definition) is 1. The van der Waals surface area contributed by atoms with Crippen LogP contribution in [0.25, 0.3) is 54.6 Å². The van der Waals surface area contributed by atoms with E-state index < -0.39 is 0 Å².